The predicted molar refractivity (Wildman–Crippen MR) is 83.7 cm³/mol. The Kier molecular flexibility index (Phi) is 1.98. The van der Waals surface area contributed by atoms with Gasteiger partial charge < -0.3 is 10.2 Å². The van der Waals surface area contributed by atoms with Crippen LogP contribution >= 0.6 is 0 Å². The minimum atomic E-state index is -0.630. The van der Waals surface area contributed by atoms with Crippen molar-refractivity contribution < 1.29 is 10.2 Å². The smallest absolute Gasteiger partial charge is 0.0861 e. The van der Waals surface area contributed by atoms with E-state index in [2.05, 4.69) is 13.2 Å². The average Bonchev–Trinajstić information content (AvgIpc) is 3.23. The molecule has 0 radical (unpaired) electrons. The van der Waals surface area contributed by atoms with Gasteiger partial charge in [0.1, 0.15) is 0 Å². The fourth-order valence-corrected chi connectivity index (χ4v) is 9.44. The van der Waals surface area contributed by atoms with Gasteiger partial charge in [-0.2, -0.15) is 0 Å². The summed E-state index contributed by atoms with van der Waals surface area (Å²) in [5.41, 5.74) is -1.26. The fraction of sp³-hybridized carbons (Fsp3) is 0.800. The first-order chi connectivity index (χ1) is 10.5. The van der Waals surface area contributed by atoms with Gasteiger partial charge in [0.05, 0.1) is 11.2 Å². The largest absolute Gasteiger partial charge is 0.385 e. The summed E-state index contributed by atoms with van der Waals surface area (Å²) in [6, 6.07) is 0. The molecule has 2 unspecified atom stereocenters. The second-order valence-corrected chi connectivity index (χ2v) is 9.39. The molecule has 0 aliphatic heterocycles. The molecule has 6 aliphatic rings. The van der Waals surface area contributed by atoms with Crippen LogP contribution in [0.1, 0.15) is 25.7 Å². The molecule has 0 bridgehead atoms. The van der Waals surface area contributed by atoms with Gasteiger partial charge in [-0.15, -0.1) is 13.2 Å². The molecule has 0 aromatic carbocycles. The van der Waals surface area contributed by atoms with Crippen molar-refractivity contribution in [2.45, 2.75) is 36.9 Å². The number of rotatable bonds is 2. The second-order valence-electron chi connectivity index (χ2n) is 9.39. The SMILES string of the molecule is C=C[C@@]1(O)C[C@H]2[C@H]3C[C@@](O)(C=C)[C@@H]4[C@H]3C3C5[C@H](CC[C@@H]54)[C@H]1[C@H]32. The van der Waals surface area contributed by atoms with Gasteiger partial charge in [-0.1, -0.05) is 12.2 Å². The van der Waals surface area contributed by atoms with Crippen LogP contribution in [0, 0.1) is 59.2 Å². The van der Waals surface area contributed by atoms with E-state index in [9.17, 15) is 10.2 Å². The van der Waals surface area contributed by atoms with Crippen molar-refractivity contribution in [2.24, 2.45) is 59.2 Å². The summed E-state index contributed by atoms with van der Waals surface area (Å²) in [6.45, 7) is 7.99. The zero-order valence-electron chi connectivity index (χ0n) is 13.1. The lowest BCUT2D eigenvalue weighted by Crippen LogP contribution is -2.38. The molecule has 12 atom stereocenters. The molecule has 0 saturated heterocycles. The lowest BCUT2D eigenvalue weighted by atomic mass is 9.76. The molecule has 0 amide bonds. The molecule has 0 aromatic rings. The van der Waals surface area contributed by atoms with Gasteiger partial charge in [0.25, 0.3) is 0 Å². The van der Waals surface area contributed by atoms with E-state index in [0.29, 0.717) is 35.5 Å². The molecule has 2 nitrogen and oxygen atoms in total. The first-order valence-electron chi connectivity index (χ1n) is 9.26. The lowest BCUT2D eigenvalue weighted by Gasteiger charge is -2.33. The first-order valence-corrected chi connectivity index (χ1v) is 9.26. The lowest BCUT2D eigenvalue weighted by molar-refractivity contribution is 0.00621. The zero-order valence-corrected chi connectivity index (χ0v) is 13.1. The summed E-state index contributed by atoms with van der Waals surface area (Å²) < 4.78 is 0. The number of aliphatic hydroxyl groups is 2. The quantitative estimate of drug-likeness (QED) is 0.769. The maximum absolute atomic E-state index is 11.3. The predicted octanol–water partition coefficient (Wildman–Crippen LogP) is 2.62. The summed E-state index contributed by atoms with van der Waals surface area (Å²) in [5.74, 6) is 6.54. The second kappa shape index (κ2) is 3.42. The van der Waals surface area contributed by atoms with Crippen LogP contribution in [0.2, 0.25) is 0 Å². The van der Waals surface area contributed by atoms with Crippen LogP contribution in [0.4, 0.5) is 0 Å². The Balaban J connectivity index is 1.57. The van der Waals surface area contributed by atoms with Crippen LogP contribution in [-0.4, -0.2) is 21.4 Å². The maximum atomic E-state index is 11.3. The van der Waals surface area contributed by atoms with Crippen LogP contribution < -0.4 is 0 Å². The van der Waals surface area contributed by atoms with Crippen LogP contribution in [-0.2, 0) is 0 Å². The molecular formula is C20H26O2. The average molecular weight is 298 g/mol. The third kappa shape index (κ3) is 1.02. The minimum absolute atomic E-state index is 0.471. The molecule has 118 valence electrons. The molecular weight excluding hydrogens is 272 g/mol. The van der Waals surface area contributed by atoms with Crippen molar-refractivity contribution in [3.63, 3.8) is 0 Å². The van der Waals surface area contributed by atoms with E-state index in [0.717, 1.165) is 36.5 Å². The molecule has 0 aromatic heterocycles. The van der Waals surface area contributed by atoms with Gasteiger partial charge in [-0.3, -0.25) is 0 Å². The van der Waals surface area contributed by atoms with Crippen molar-refractivity contribution in [1.29, 1.82) is 0 Å². The van der Waals surface area contributed by atoms with Crippen molar-refractivity contribution >= 4 is 0 Å². The van der Waals surface area contributed by atoms with Gasteiger partial charge in [-0.05, 0) is 84.9 Å². The van der Waals surface area contributed by atoms with Crippen LogP contribution in [0.5, 0.6) is 0 Å². The van der Waals surface area contributed by atoms with Gasteiger partial charge >= 0.3 is 0 Å². The normalized spacial score (nSPS) is 72.1. The zero-order chi connectivity index (χ0) is 15.0. The van der Waals surface area contributed by atoms with E-state index >= 15 is 0 Å². The number of hydrogen-bond donors (Lipinski definition) is 2. The highest BCUT2D eigenvalue weighted by atomic mass is 16.3. The Hall–Kier alpha value is -0.600. The van der Waals surface area contributed by atoms with Crippen molar-refractivity contribution in [1.82, 2.24) is 0 Å². The summed E-state index contributed by atoms with van der Waals surface area (Å²) in [5, 5.41) is 22.5. The highest BCUT2D eigenvalue weighted by molar-refractivity contribution is 5.32. The van der Waals surface area contributed by atoms with Gasteiger partial charge in [0.15, 0.2) is 0 Å². The van der Waals surface area contributed by atoms with Gasteiger partial charge in [-0.25, -0.2) is 0 Å². The standard InChI is InChI=1S/C20H26O2/c1-3-19(21)7-11-12-8-20(22,4-2)18-10-6-5-9-13(10)16(15(12)18)14(11)17(9)19/h3-4,9-18,21-22H,1-2,5-8H2/t9-,10-,11-,12+,13?,14-,15+,16?,17-,18-,19+,20-/m0/s1. The number of fused-ring (bicyclic) bond motifs is 3. The Labute approximate surface area is 132 Å². The fourth-order valence-electron chi connectivity index (χ4n) is 9.44. The van der Waals surface area contributed by atoms with Gasteiger partial charge in [0, 0.05) is 0 Å². The first kappa shape index (κ1) is 12.8. The van der Waals surface area contributed by atoms with Gasteiger partial charge in [0.2, 0.25) is 0 Å². The van der Waals surface area contributed by atoms with E-state index in [4.69, 9.17) is 0 Å². The van der Waals surface area contributed by atoms with Crippen molar-refractivity contribution in [3.05, 3.63) is 25.3 Å². The van der Waals surface area contributed by atoms with Crippen molar-refractivity contribution in [2.75, 3.05) is 0 Å². The van der Waals surface area contributed by atoms with E-state index in [1.54, 1.807) is 0 Å². The summed E-state index contributed by atoms with van der Waals surface area (Å²) in [6.07, 6.45) is 8.06. The van der Waals surface area contributed by atoms with E-state index in [1.807, 2.05) is 12.2 Å². The molecule has 6 rings (SSSR count). The summed E-state index contributed by atoms with van der Waals surface area (Å²) in [4.78, 5) is 0. The Morgan fingerprint density at radius 2 is 1.14 bits per heavy atom. The molecule has 0 spiro atoms. The minimum Gasteiger partial charge on any atom is -0.385 e. The van der Waals surface area contributed by atoms with Crippen LogP contribution in [0.15, 0.2) is 25.3 Å². The summed E-state index contributed by atoms with van der Waals surface area (Å²) >= 11 is 0. The maximum Gasteiger partial charge on any atom is 0.0861 e. The Morgan fingerprint density at radius 3 is 1.55 bits per heavy atom. The molecule has 6 saturated carbocycles. The molecule has 0 heterocycles. The molecule has 2 N–H and O–H groups in total. The monoisotopic (exact) mass is 298 g/mol. The van der Waals surface area contributed by atoms with E-state index < -0.39 is 11.2 Å². The number of hydrogen-bond acceptors (Lipinski definition) is 2. The molecule has 22 heavy (non-hydrogen) atoms. The van der Waals surface area contributed by atoms with E-state index in [1.165, 1.54) is 12.8 Å². The third-order valence-corrected chi connectivity index (χ3v) is 9.43. The van der Waals surface area contributed by atoms with Crippen LogP contribution in [0.3, 0.4) is 0 Å². The molecule has 2 heteroatoms. The highest BCUT2D eigenvalue weighted by Crippen LogP contribution is 2.82. The molecule has 6 aliphatic carbocycles. The topological polar surface area (TPSA) is 40.5 Å². The highest BCUT2D eigenvalue weighted by Gasteiger charge is 2.80. The molecule has 6 fully saturated rings. The third-order valence-electron chi connectivity index (χ3n) is 9.43. The Morgan fingerprint density at radius 1 is 0.682 bits per heavy atom. The van der Waals surface area contributed by atoms with E-state index in [-0.39, 0.29) is 0 Å². The summed E-state index contributed by atoms with van der Waals surface area (Å²) in [7, 11) is 0. The Bertz CT molecular complexity index is 549. The van der Waals surface area contributed by atoms with Crippen LogP contribution in [0.25, 0.3) is 0 Å². The van der Waals surface area contributed by atoms with Crippen molar-refractivity contribution in [3.8, 4) is 0 Å².